The molecule has 2 aliphatic heterocycles. The average molecular weight is 455 g/mol. The number of phenols is 1. The van der Waals surface area contributed by atoms with Crippen molar-refractivity contribution in [3.05, 3.63) is 88.4 Å². The fourth-order valence-corrected chi connectivity index (χ4v) is 4.44. The number of hydrogen-bond donors (Lipinski definition) is 1. The SMILES string of the molecule is O=C1C2ON(c3ccccc3)C(c3ccccc3O)C2C(=O)N1c1ccc(Cl)c(Cl)c1. The summed E-state index contributed by atoms with van der Waals surface area (Å²) in [5.74, 6) is -1.76. The van der Waals surface area contributed by atoms with Gasteiger partial charge in [0.1, 0.15) is 11.7 Å². The van der Waals surface area contributed by atoms with E-state index in [1.54, 1.807) is 30.3 Å². The second-order valence-electron chi connectivity index (χ2n) is 7.33. The summed E-state index contributed by atoms with van der Waals surface area (Å²) in [5, 5.41) is 12.6. The summed E-state index contributed by atoms with van der Waals surface area (Å²) in [4.78, 5) is 33.9. The molecule has 156 valence electrons. The Bertz CT molecular complexity index is 1190. The molecular weight excluding hydrogens is 439 g/mol. The first-order valence-corrected chi connectivity index (χ1v) is 10.3. The summed E-state index contributed by atoms with van der Waals surface area (Å²) in [5.41, 5.74) is 1.49. The number of anilines is 2. The Morgan fingerprint density at radius 1 is 0.806 bits per heavy atom. The van der Waals surface area contributed by atoms with Crippen molar-refractivity contribution in [3.8, 4) is 5.75 Å². The van der Waals surface area contributed by atoms with Crippen LogP contribution in [0.5, 0.6) is 5.75 Å². The van der Waals surface area contributed by atoms with Crippen LogP contribution in [0, 0.1) is 5.92 Å². The maximum Gasteiger partial charge on any atom is 0.266 e. The lowest BCUT2D eigenvalue weighted by molar-refractivity contribution is -0.126. The number of amides is 2. The molecule has 3 atom stereocenters. The minimum absolute atomic E-state index is 0.0194. The van der Waals surface area contributed by atoms with Crippen molar-refractivity contribution in [2.75, 3.05) is 9.96 Å². The number of carbonyl (C=O) groups excluding carboxylic acids is 2. The van der Waals surface area contributed by atoms with Gasteiger partial charge in [-0.15, -0.1) is 0 Å². The number of aromatic hydroxyl groups is 1. The van der Waals surface area contributed by atoms with Crippen molar-refractivity contribution < 1.29 is 19.5 Å². The van der Waals surface area contributed by atoms with Crippen LogP contribution >= 0.6 is 23.2 Å². The number of imide groups is 1. The number of para-hydroxylation sites is 2. The molecule has 0 radical (unpaired) electrons. The van der Waals surface area contributed by atoms with E-state index in [4.69, 9.17) is 28.0 Å². The Balaban J connectivity index is 1.60. The zero-order chi connectivity index (χ0) is 21.7. The van der Waals surface area contributed by atoms with Crippen molar-refractivity contribution >= 4 is 46.4 Å². The van der Waals surface area contributed by atoms with Crippen LogP contribution in [0.1, 0.15) is 11.6 Å². The van der Waals surface area contributed by atoms with E-state index < -0.39 is 29.9 Å². The number of nitrogens with zero attached hydrogens (tertiary/aromatic N) is 2. The molecule has 2 amide bonds. The number of halogens is 2. The Hall–Kier alpha value is -3.06. The van der Waals surface area contributed by atoms with Gasteiger partial charge in [-0.1, -0.05) is 59.6 Å². The predicted molar refractivity (Wildman–Crippen MR) is 117 cm³/mol. The summed E-state index contributed by atoms with van der Waals surface area (Å²) in [7, 11) is 0. The molecule has 2 heterocycles. The average Bonchev–Trinajstić information content (AvgIpc) is 3.27. The second-order valence-corrected chi connectivity index (χ2v) is 8.14. The van der Waals surface area contributed by atoms with Crippen molar-refractivity contribution in [1.29, 1.82) is 0 Å². The van der Waals surface area contributed by atoms with E-state index in [9.17, 15) is 14.7 Å². The number of hydrogen-bond acceptors (Lipinski definition) is 5. The number of fused-ring (bicyclic) bond motifs is 1. The minimum atomic E-state index is -1.04. The molecule has 0 bridgehead atoms. The third-order valence-electron chi connectivity index (χ3n) is 5.54. The highest BCUT2D eigenvalue weighted by molar-refractivity contribution is 6.42. The molecule has 1 N–H and O–H groups in total. The highest BCUT2D eigenvalue weighted by Gasteiger charge is 2.60. The maximum atomic E-state index is 13.5. The number of benzene rings is 3. The van der Waals surface area contributed by atoms with Crippen LogP contribution in [-0.4, -0.2) is 23.0 Å². The van der Waals surface area contributed by atoms with Crippen LogP contribution in [0.3, 0.4) is 0 Å². The molecule has 8 heteroatoms. The molecule has 3 aromatic rings. The molecule has 0 aromatic heterocycles. The third-order valence-corrected chi connectivity index (χ3v) is 6.28. The van der Waals surface area contributed by atoms with Gasteiger partial charge < -0.3 is 5.11 Å². The summed E-state index contributed by atoms with van der Waals surface area (Å²) < 4.78 is 0. The summed E-state index contributed by atoms with van der Waals surface area (Å²) in [6, 6.07) is 19.8. The van der Waals surface area contributed by atoms with Crippen LogP contribution in [0.15, 0.2) is 72.8 Å². The quantitative estimate of drug-likeness (QED) is 0.578. The van der Waals surface area contributed by atoms with E-state index >= 15 is 0 Å². The van der Waals surface area contributed by atoms with Crippen LogP contribution in [0.25, 0.3) is 0 Å². The maximum absolute atomic E-state index is 13.5. The standard InChI is InChI=1S/C23H16Cl2N2O4/c24-16-11-10-14(12-17(16)25)26-22(29)19-20(15-8-4-5-9-18(15)28)27(31-21(19)23(26)30)13-6-2-1-3-7-13/h1-12,19-21,28H. The highest BCUT2D eigenvalue weighted by Crippen LogP contribution is 2.49. The first-order valence-electron chi connectivity index (χ1n) is 9.59. The van der Waals surface area contributed by atoms with Gasteiger partial charge in [0.25, 0.3) is 5.91 Å². The molecule has 0 aliphatic carbocycles. The smallest absolute Gasteiger partial charge is 0.266 e. The van der Waals surface area contributed by atoms with E-state index in [1.807, 2.05) is 30.3 Å². The Morgan fingerprint density at radius 2 is 1.52 bits per heavy atom. The molecule has 2 fully saturated rings. The Morgan fingerprint density at radius 3 is 2.23 bits per heavy atom. The fourth-order valence-electron chi connectivity index (χ4n) is 4.15. The first kappa shape index (κ1) is 19.9. The molecule has 5 rings (SSSR count). The van der Waals surface area contributed by atoms with Crippen molar-refractivity contribution in [2.24, 2.45) is 5.92 Å². The van der Waals surface area contributed by atoms with E-state index in [0.29, 0.717) is 22.0 Å². The molecule has 0 saturated carbocycles. The Labute approximate surface area is 188 Å². The lowest BCUT2D eigenvalue weighted by Crippen LogP contribution is -2.37. The predicted octanol–water partition coefficient (Wildman–Crippen LogP) is 4.75. The zero-order valence-corrected chi connectivity index (χ0v) is 17.5. The molecule has 2 aliphatic rings. The van der Waals surface area contributed by atoms with Crippen molar-refractivity contribution in [1.82, 2.24) is 0 Å². The summed E-state index contributed by atoms with van der Waals surface area (Å²) in [6.07, 6.45) is -1.04. The lowest BCUT2D eigenvalue weighted by atomic mass is 9.90. The van der Waals surface area contributed by atoms with Gasteiger partial charge in [0.15, 0.2) is 6.10 Å². The molecule has 2 saturated heterocycles. The van der Waals surface area contributed by atoms with Crippen LogP contribution < -0.4 is 9.96 Å². The lowest BCUT2D eigenvalue weighted by Gasteiger charge is -2.29. The third kappa shape index (κ3) is 3.15. The van der Waals surface area contributed by atoms with Crippen LogP contribution in [0.2, 0.25) is 10.0 Å². The van der Waals surface area contributed by atoms with Crippen LogP contribution in [-0.2, 0) is 14.4 Å². The van der Waals surface area contributed by atoms with Gasteiger partial charge in [0, 0.05) is 5.56 Å². The fraction of sp³-hybridized carbons (Fsp3) is 0.130. The second kappa shape index (κ2) is 7.57. The molecule has 0 spiro atoms. The zero-order valence-electron chi connectivity index (χ0n) is 16.0. The molecule has 3 unspecified atom stereocenters. The topological polar surface area (TPSA) is 70.1 Å². The summed E-state index contributed by atoms with van der Waals surface area (Å²) in [6.45, 7) is 0. The van der Waals surface area contributed by atoms with Crippen molar-refractivity contribution in [2.45, 2.75) is 12.1 Å². The van der Waals surface area contributed by atoms with E-state index in [2.05, 4.69) is 0 Å². The van der Waals surface area contributed by atoms with E-state index in [1.165, 1.54) is 17.2 Å². The normalized spacial score (nSPS) is 22.8. The highest BCUT2D eigenvalue weighted by atomic mass is 35.5. The minimum Gasteiger partial charge on any atom is -0.508 e. The molecule has 6 nitrogen and oxygen atoms in total. The van der Waals surface area contributed by atoms with Gasteiger partial charge in [-0.2, -0.15) is 0 Å². The van der Waals surface area contributed by atoms with Gasteiger partial charge in [-0.25, -0.2) is 9.96 Å². The number of phenolic OH excluding ortho intramolecular Hbond substituents is 1. The molecular formula is C23H16Cl2N2O4. The van der Waals surface area contributed by atoms with E-state index in [0.717, 1.165) is 4.90 Å². The largest absolute Gasteiger partial charge is 0.508 e. The van der Waals surface area contributed by atoms with Crippen molar-refractivity contribution in [3.63, 3.8) is 0 Å². The van der Waals surface area contributed by atoms with Gasteiger partial charge in [-0.3, -0.25) is 14.4 Å². The van der Waals surface area contributed by atoms with E-state index in [-0.39, 0.29) is 10.8 Å². The first-order chi connectivity index (χ1) is 15.0. The number of carbonyl (C=O) groups is 2. The van der Waals surface area contributed by atoms with Gasteiger partial charge in [0.2, 0.25) is 5.91 Å². The molecule has 3 aromatic carbocycles. The number of rotatable bonds is 3. The molecule has 31 heavy (non-hydrogen) atoms. The number of hydroxylamine groups is 1. The Kier molecular flexibility index (Phi) is 4.85. The van der Waals surface area contributed by atoms with Gasteiger partial charge in [-0.05, 0) is 36.4 Å². The summed E-state index contributed by atoms with van der Waals surface area (Å²) >= 11 is 12.1. The van der Waals surface area contributed by atoms with Gasteiger partial charge >= 0.3 is 0 Å². The monoisotopic (exact) mass is 454 g/mol. The van der Waals surface area contributed by atoms with Gasteiger partial charge in [0.05, 0.1) is 27.5 Å². The van der Waals surface area contributed by atoms with Crippen LogP contribution in [0.4, 0.5) is 11.4 Å².